The van der Waals surface area contributed by atoms with E-state index >= 15 is 0 Å². The lowest BCUT2D eigenvalue weighted by Crippen LogP contribution is -2.22. The zero-order valence-electron chi connectivity index (χ0n) is 10.6. The minimum atomic E-state index is -0.280. The second-order valence-electron chi connectivity index (χ2n) is 3.90. The number of hydrogen-bond acceptors (Lipinski definition) is 4. The summed E-state index contributed by atoms with van der Waals surface area (Å²) in [6.45, 7) is 4.10. The van der Waals surface area contributed by atoms with E-state index in [4.69, 9.17) is 10.5 Å². The van der Waals surface area contributed by atoms with Crippen LogP contribution in [-0.4, -0.2) is 23.6 Å². The Bertz CT molecular complexity index is 383. The van der Waals surface area contributed by atoms with E-state index in [2.05, 4.69) is 0 Å². The Kier molecular flexibility index (Phi) is 6.15. The summed E-state index contributed by atoms with van der Waals surface area (Å²) in [6, 6.07) is 5.88. The zero-order valence-corrected chi connectivity index (χ0v) is 11.4. The average Bonchev–Trinajstić information content (AvgIpc) is 2.36. The number of rotatable bonds is 6. The fraction of sp³-hybridized carbons (Fsp3) is 0.462. The molecule has 18 heavy (non-hydrogen) atoms. The van der Waals surface area contributed by atoms with Crippen LogP contribution < -0.4 is 5.73 Å². The lowest BCUT2D eigenvalue weighted by molar-refractivity contribution is -0.139. The number of hydrogen-bond donors (Lipinski definition) is 1. The molecule has 0 aliphatic rings. The van der Waals surface area contributed by atoms with Crippen molar-refractivity contribution >= 4 is 17.7 Å². The van der Waals surface area contributed by atoms with E-state index in [1.54, 1.807) is 19.1 Å². The molecule has 0 bridgehead atoms. The first-order valence-corrected chi connectivity index (χ1v) is 6.87. The topological polar surface area (TPSA) is 52.3 Å². The Morgan fingerprint density at radius 2 is 2.06 bits per heavy atom. The monoisotopic (exact) mass is 271 g/mol. The van der Waals surface area contributed by atoms with Crippen molar-refractivity contribution in [1.29, 1.82) is 0 Å². The smallest absolute Gasteiger partial charge is 0.315 e. The van der Waals surface area contributed by atoms with Gasteiger partial charge in [0, 0.05) is 11.3 Å². The first kappa shape index (κ1) is 15.0. The fourth-order valence-corrected chi connectivity index (χ4v) is 2.31. The van der Waals surface area contributed by atoms with Crippen molar-refractivity contribution in [2.75, 3.05) is 12.4 Å². The molecule has 0 amide bonds. The van der Waals surface area contributed by atoms with Gasteiger partial charge >= 0.3 is 5.97 Å². The van der Waals surface area contributed by atoms with Crippen LogP contribution in [0.4, 0.5) is 4.39 Å². The van der Waals surface area contributed by atoms with Gasteiger partial charge < -0.3 is 10.5 Å². The van der Waals surface area contributed by atoms with Crippen LogP contribution in [-0.2, 0) is 9.53 Å². The van der Waals surface area contributed by atoms with Crippen LogP contribution in [0.1, 0.15) is 25.5 Å². The highest BCUT2D eigenvalue weighted by Crippen LogP contribution is 2.24. The van der Waals surface area contributed by atoms with Crippen LogP contribution in [0, 0.1) is 5.82 Å². The van der Waals surface area contributed by atoms with Gasteiger partial charge in [-0.1, -0.05) is 19.1 Å². The van der Waals surface area contributed by atoms with Crippen molar-refractivity contribution in [2.45, 2.75) is 25.1 Å². The van der Waals surface area contributed by atoms with Gasteiger partial charge in [0.15, 0.2) is 0 Å². The molecule has 1 aromatic carbocycles. The lowest BCUT2D eigenvalue weighted by atomic mass is 10.1. The number of ether oxygens (including phenoxy) is 1. The summed E-state index contributed by atoms with van der Waals surface area (Å²) in [6.07, 6.45) is 0. The maximum absolute atomic E-state index is 12.8. The molecule has 0 fully saturated rings. The van der Waals surface area contributed by atoms with E-state index < -0.39 is 0 Å². The Balaban J connectivity index is 2.48. The predicted molar refractivity (Wildman–Crippen MR) is 71.9 cm³/mol. The van der Waals surface area contributed by atoms with Gasteiger partial charge in [-0.15, -0.1) is 11.8 Å². The van der Waals surface area contributed by atoms with Crippen molar-refractivity contribution in [3.8, 4) is 0 Å². The van der Waals surface area contributed by atoms with E-state index in [0.717, 1.165) is 5.56 Å². The highest BCUT2D eigenvalue weighted by Gasteiger charge is 2.17. The third-order valence-corrected chi connectivity index (χ3v) is 3.75. The predicted octanol–water partition coefficient (Wildman–Crippen LogP) is 2.51. The van der Waals surface area contributed by atoms with Crippen LogP contribution in [0.5, 0.6) is 0 Å². The van der Waals surface area contributed by atoms with E-state index in [0.29, 0.717) is 6.61 Å². The first-order chi connectivity index (χ1) is 8.54. The molecule has 0 heterocycles. The first-order valence-electron chi connectivity index (χ1n) is 5.83. The van der Waals surface area contributed by atoms with Gasteiger partial charge in [0.2, 0.25) is 0 Å². The summed E-state index contributed by atoms with van der Waals surface area (Å²) in [5.41, 5.74) is 6.91. The van der Waals surface area contributed by atoms with Crippen molar-refractivity contribution < 1.29 is 13.9 Å². The molecule has 0 spiro atoms. The Hall–Kier alpha value is -1.07. The third-order valence-electron chi connectivity index (χ3n) is 2.53. The second-order valence-corrected chi connectivity index (χ2v) is 5.26. The quantitative estimate of drug-likeness (QED) is 0.808. The van der Waals surface area contributed by atoms with Gasteiger partial charge in [0.05, 0.1) is 12.4 Å². The average molecular weight is 271 g/mol. The fourth-order valence-electron chi connectivity index (χ4n) is 1.46. The summed E-state index contributed by atoms with van der Waals surface area (Å²) >= 11 is 1.44. The summed E-state index contributed by atoms with van der Waals surface area (Å²) in [5.74, 6) is -0.234. The Labute approximate surface area is 111 Å². The number of nitrogens with two attached hydrogens (primary N) is 1. The number of esters is 1. The molecule has 5 heteroatoms. The maximum atomic E-state index is 12.8. The molecule has 2 unspecified atom stereocenters. The summed E-state index contributed by atoms with van der Waals surface area (Å²) in [5, 5.41) is 0.0554. The zero-order chi connectivity index (χ0) is 13.5. The van der Waals surface area contributed by atoms with Crippen LogP contribution in [0.25, 0.3) is 0 Å². The highest BCUT2D eigenvalue weighted by molar-refractivity contribution is 8.00. The summed E-state index contributed by atoms with van der Waals surface area (Å²) in [4.78, 5) is 11.2. The van der Waals surface area contributed by atoms with E-state index in [-0.39, 0.29) is 28.8 Å². The Morgan fingerprint density at radius 1 is 1.44 bits per heavy atom. The van der Waals surface area contributed by atoms with Crippen LogP contribution in [0.3, 0.4) is 0 Å². The SMILES string of the molecule is CCOC(=O)CSC(C)C(N)c1ccc(F)cc1. The Morgan fingerprint density at radius 3 is 2.61 bits per heavy atom. The third kappa shape index (κ3) is 4.66. The molecule has 100 valence electrons. The van der Waals surface area contributed by atoms with Gasteiger partial charge in [-0.05, 0) is 24.6 Å². The van der Waals surface area contributed by atoms with Crippen molar-refractivity contribution in [3.05, 3.63) is 35.6 Å². The molecule has 0 saturated carbocycles. The van der Waals surface area contributed by atoms with Gasteiger partial charge in [0.1, 0.15) is 5.82 Å². The van der Waals surface area contributed by atoms with Crippen molar-refractivity contribution in [2.24, 2.45) is 5.73 Å². The normalized spacial score (nSPS) is 14.0. The standard InChI is InChI=1S/C13H18FNO2S/c1-3-17-12(16)8-18-9(2)13(15)10-4-6-11(14)7-5-10/h4-7,9,13H,3,8,15H2,1-2H3. The maximum Gasteiger partial charge on any atom is 0.315 e. The number of carbonyl (C=O) groups excluding carboxylic acids is 1. The summed E-state index contributed by atoms with van der Waals surface area (Å²) in [7, 11) is 0. The molecule has 0 radical (unpaired) electrons. The molecule has 2 N–H and O–H groups in total. The lowest BCUT2D eigenvalue weighted by Gasteiger charge is -2.19. The van der Waals surface area contributed by atoms with Crippen LogP contribution >= 0.6 is 11.8 Å². The summed E-state index contributed by atoms with van der Waals surface area (Å²) < 4.78 is 17.6. The van der Waals surface area contributed by atoms with Crippen molar-refractivity contribution in [3.63, 3.8) is 0 Å². The minimum absolute atomic E-state index is 0.0554. The molecule has 1 rings (SSSR count). The number of thioether (sulfide) groups is 1. The van der Waals surface area contributed by atoms with E-state index in [1.165, 1.54) is 23.9 Å². The number of carbonyl (C=O) groups is 1. The molecule has 0 saturated heterocycles. The van der Waals surface area contributed by atoms with Gasteiger partial charge in [-0.2, -0.15) is 0 Å². The molecular weight excluding hydrogens is 253 g/mol. The molecule has 3 nitrogen and oxygen atoms in total. The molecule has 0 aromatic heterocycles. The van der Waals surface area contributed by atoms with Gasteiger partial charge in [0.25, 0.3) is 0 Å². The van der Waals surface area contributed by atoms with Gasteiger partial charge in [-0.3, -0.25) is 4.79 Å². The molecule has 0 aliphatic carbocycles. The highest BCUT2D eigenvalue weighted by atomic mass is 32.2. The molecule has 1 aromatic rings. The molecule has 2 atom stereocenters. The van der Waals surface area contributed by atoms with E-state index in [9.17, 15) is 9.18 Å². The van der Waals surface area contributed by atoms with Crippen molar-refractivity contribution in [1.82, 2.24) is 0 Å². The second kappa shape index (κ2) is 7.38. The molecular formula is C13H18FNO2S. The number of benzene rings is 1. The van der Waals surface area contributed by atoms with Crippen LogP contribution in [0.2, 0.25) is 0 Å². The van der Waals surface area contributed by atoms with Crippen LogP contribution in [0.15, 0.2) is 24.3 Å². The minimum Gasteiger partial charge on any atom is -0.465 e. The largest absolute Gasteiger partial charge is 0.465 e. The number of halogens is 1. The van der Waals surface area contributed by atoms with Gasteiger partial charge in [-0.25, -0.2) is 4.39 Å². The molecule has 0 aliphatic heterocycles. The van der Waals surface area contributed by atoms with E-state index in [1.807, 2.05) is 6.92 Å².